The minimum absolute atomic E-state index is 0.275. The van der Waals surface area contributed by atoms with Crippen LogP contribution in [-0.4, -0.2) is 30.3 Å². The molecule has 0 aliphatic carbocycles. The molecule has 0 aliphatic rings. The Morgan fingerprint density at radius 3 is 2.56 bits per heavy atom. The number of carbonyl (C=O) groups excluding carboxylic acids is 1. The average molecular weight is 422 g/mol. The lowest BCUT2D eigenvalue weighted by Crippen LogP contribution is -2.11. The Bertz CT molecular complexity index is 927. The van der Waals surface area contributed by atoms with Gasteiger partial charge in [-0.1, -0.05) is 40.8 Å². The summed E-state index contributed by atoms with van der Waals surface area (Å²) in [7, 11) is 3.23. The van der Waals surface area contributed by atoms with Crippen LogP contribution in [0.1, 0.15) is 15.9 Å². The van der Waals surface area contributed by atoms with Gasteiger partial charge in [-0.25, -0.2) is 0 Å². The maximum absolute atomic E-state index is 12.2. The van der Waals surface area contributed by atoms with Gasteiger partial charge in [0.25, 0.3) is 5.91 Å². The van der Waals surface area contributed by atoms with Crippen molar-refractivity contribution in [1.29, 1.82) is 0 Å². The van der Waals surface area contributed by atoms with Crippen molar-refractivity contribution in [3.63, 3.8) is 0 Å². The molecule has 3 rings (SSSR count). The number of anilines is 1. The molecule has 0 radical (unpaired) electrons. The summed E-state index contributed by atoms with van der Waals surface area (Å²) in [6, 6.07) is 12.4. The second-order valence-electron chi connectivity index (χ2n) is 5.35. The van der Waals surface area contributed by atoms with E-state index in [-0.39, 0.29) is 5.91 Å². The zero-order valence-electron chi connectivity index (χ0n) is 14.6. The molecule has 1 N–H and O–H groups in total. The molecular weight excluding hydrogens is 406 g/mol. The molecule has 0 bridgehead atoms. The van der Waals surface area contributed by atoms with Crippen LogP contribution in [0.25, 0.3) is 0 Å². The Balaban J connectivity index is 1.62. The van der Waals surface area contributed by atoms with Gasteiger partial charge in [-0.2, -0.15) is 0 Å². The third kappa shape index (κ3) is 5.35. The highest BCUT2D eigenvalue weighted by Crippen LogP contribution is 2.31. The summed E-state index contributed by atoms with van der Waals surface area (Å²) >= 11 is 8.74. The minimum atomic E-state index is -0.275. The number of benzene rings is 2. The van der Waals surface area contributed by atoms with E-state index >= 15 is 0 Å². The number of hydrogen-bond donors (Lipinski definition) is 1. The summed E-state index contributed by atoms with van der Waals surface area (Å²) < 4.78 is 11.3. The van der Waals surface area contributed by atoms with Crippen molar-refractivity contribution in [1.82, 2.24) is 10.2 Å². The lowest BCUT2D eigenvalue weighted by atomic mass is 10.2. The van der Waals surface area contributed by atoms with Crippen molar-refractivity contribution in [3.8, 4) is 11.5 Å². The molecule has 9 heteroatoms. The van der Waals surface area contributed by atoms with E-state index in [1.54, 1.807) is 38.5 Å². The van der Waals surface area contributed by atoms with Gasteiger partial charge < -0.3 is 9.47 Å². The van der Waals surface area contributed by atoms with Crippen molar-refractivity contribution in [2.75, 3.05) is 19.5 Å². The Morgan fingerprint density at radius 1 is 1.15 bits per heavy atom. The van der Waals surface area contributed by atoms with Crippen LogP contribution in [0.15, 0.2) is 46.8 Å². The number of thioether (sulfide) groups is 1. The Hall–Kier alpha value is -2.29. The normalized spacial score (nSPS) is 10.5. The first kappa shape index (κ1) is 19.5. The molecule has 1 aromatic heterocycles. The van der Waals surface area contributed by atoms with Gasteiger partial charge in [0.05, 0.1) is 14.2 Å². The van der Waals surface area contributed by atoms with Crippen LogP contribution >= 0.6 is 34.7 Å². The van der Waals surface area contributed by atoms with E-state index in [0.29, 0.717) is 21.5 Å². The zero-order valence-corrected chi connectivity index (χ0v) is 17.0. The van der Waals surface area contributed by atoms with Crippen molar-refractivity contribution in [2.45, 2.75) is 10.1 Å². The SMILES string of the molecule is COc1cc(CSc2nnc(NC(=O)c3cccc(Cl)c3)s2)cc(OC)c1. The summed E-state index contributed by atoms with van der Waals surface area (Å²) in [6.07, 6.45) is 0. The molecule has 0 saturated heterocycles. The first-order valence-electron chi connectivity index (χ1n) is 7.82. The van der Waals surface area contributed by atoms with Gasteiger partial charge >= 0.3 is 0 Å². The number of ether oxygens (including phenoxy) is 2. The molecule has 0 atom stereocenters. The molecule has 1 amide bonds. The van der Waals surface area contributed by atoms with Gasteiger partial charge in [0.1, 0.15) is 11.5 Å². The molecule has 2 aromatic carbocycles. The standard InChI is InChI=1S/C18H16ClN3O3S2/c1-24-14-6-11(7-15(9-14)25-2)10-26-18-22-21-17(27-18)20-16(23)12-4-3-5-13(19)8-12/h3-9H,10H2,1-2H3,(H,20,21,23). The number of halogens is 1. The van der Waals surface area contributed by atoms with Crippen molar-refractivity contribution in [3.05, 3.63) is 58.6 Å². The van der Waals surface area contributed by atoms with Crippen LogP contribution in [-0.2, 0) is 5.75 Å². The summed E-state index contributed by atoms with van der Waals surface area (Å²) in [5.41, 5.74) is 1.51. The third-order valence-corrected chi connectivity index (χ3v) is 5.77. The lowest BCUT2D eigenvalue weighted by molar-refractivity contribution is 0.102. The monoisotopic (exact) mass is 421 g/mol. The van der Waals surface area contributed by atoms with E-state index < -0.39 is 0 Å². The molecule has 0 aliphatic heterocycles. The Labute approximate surface area is 169 Å². The Morgan fingerprint density at radius 2 is 1.89 bits per heavy atom. The molecule has 0 saturated carbocycles. The molecule has 6 nitrogen and oxygen atoms in total. The third-order valence-electron chi connectivity index (χ3n) is 3.49. The maximum Gasteiger partial charge on any atom is 0.257 e. The van der Waals surface area contributed by atoms with Crippen molar-refractivity contribution >= 4 is 45.7 Å². The quantitative estimate of drug-likeness (QED) is 0.438. The van der Waals surface area contributed by atoms with Gasteiger partial charge in [0.2, 0.25) is 5.13 Å². The zero-order chi connectivity index (χ0) is 19.2. The van der Waals surface area contributed by atoms with E-state index in [2.05, 4.69) is 15.5 Å². The van der Waals surface area contributed by atoms with Crippen molar-refractivity contribution < 1.29 is 14.3 Å². The van der Waals surface area contributed by atoms with Crippen LogP contribution < -0.4 is 14.8 Å². The predicted octanol–water partition coefficient (Wildman–Crippen LogP) is 4.75. The minimum Gasteiger partial charge on any atom is -0.497 e. The number of aromatic nitrogens is 2. The average Bonchev–Trinajstić information content (AvgIpc) is 3.13. The van der Waals surface area contributed by atoms with Crippen LogP contribution in [0.3, 0.4) is 0 Å². The molecule has 27 heavy (non-hydrogen) atoms. The predicted molar refractivity (Wildman–Crippen MR) is 108 cm³/mol. The summed E-state index contributed by atoms with van der Waals surface area (Å²) in [4.78, 5) is 12.2. The van der Waals surface area contributed by atoms with Gasteiger partial charge in [-0.05, 0) is 35.9 Å². The highest BCUT2D eigenvalue weighted by molar-refractivity contribution is 8.00. The van der Waals surface area contributed by atoms with E-state index in [0.717, 1.165) is 21.4 Å². The number of amides is 1. The largest absolute Gasteiger partial charge is 0.497 e. The smallest absolute Gasteiger partial charge is 0.257 e. The van der Waals surface area contributed by atoms with Crippen LogP contribution in [0.2, 0.25) is 5.02 Å². The van der Waals surface area contributed by atoms with Gasteiger partial charge in [-0.3, -0.25) is 10.1 Å². The van der Waals surface area contributed by atoms with Gasteiger partial charge in [0, 0.05) is 22.4 Å². The summed E-state index contributed by atoms with van der Waals surface area (Å²) in [5.74, 6) is 1.86. The molecule has 0 spiro atoms. The molecule has 3 aromatic rings. The fraction of sp³-hybridized carbons (Fsp3) is 0.167. The first-order chi connectivity index (χ1) is 13.1. The number of carbonyl (C=O) groups is 1. The van der Waals surface area contributed by atoms with Gasteiger partial charge in [0.15, 0.2) is 4.34 Å². The van der Waals surface area contributed by atoms with Crippen molar-refractivity contribution in [2.24, 2.45) is 0 Å². The van der Waals surface area contributed by atoms with E-state index in [1.165, 1.54) is 23.1 Å². The number of nitrogens with one attached hydrogen (secondary N) is 1. The maximum atomic E-state index is 12.2. The number of methoxy groups -OCH3 is 2. The molecule has 0 unspecified atom stereocenters. The van der Waals surface area contributed by atoms with Crippen LogP contribution in [0, 0.1) is 0 Å². The fourth-order valence-corrected chi connectivity index (χ4v) is 4.08. The number of hydrogen-bond acceptors (Lipinski definition) is 7. The molecule has 140 valence electrons. The highest BCUT2D eigenvalue weighted by Gasteiger charge is 2.11. The highest BCUT2D eigenvalue weighted by atomic mass is 35.5. The van der Waals surface area contributed by atoms with Crippen LogP contribution in [0.5, 0.6) is 11.5 Å². The lowest BCUT2D eigenvalue weighted by Gasteiger charge is -2.07. The van der Waals surface area contributed by atoms with E-state index in [1.807, 2.05) is 18.2 Å². The molecule has 1 heterocycles. The fourth-order valence-electron chi connectivity index (χ4n) is 2.21. The van der Waals surface area contributed by atoms with Gasteiger partial charge in [-0.15, -0.1) is 10.2 Å². The molecular formula is C18H16ClN3O3S2. The van der Waals surface area contributed by atoms with Crippen LogP contribution in [0.4, 0.5) is 5.13 Å². The molecule has 0 fully saturated rings. The Kier molecular flexibility index (Phi) is 6.54. The topological polar surface area (TPSA) is 73.3 Å². The summed E-state index contributed by atoms with van der Waals surface area (Å²) in [6.45, 7) is 0. The second-order valence-corrected chi connectivity index (χ2v) is 7.98. The number of rotatable bonds is 7. The van der Waals surface area contributed by atoms with E-state index in [9.17, 15) is 4.79 Å². The number of nitrogens with zero attached hydrogens (tertiary/aromatic N) is 2. The second kappa shape index (κ2) is 9.07. The van der Waals surface area contributed by atoms with E-state index in [4.69, 9.17) is 21.1 Å². The summed E-state index contributed by atoms with van der Waals surface area (Å²) in [5, 5.41) is 11.8. The first-order valence-corrected chi connectivity index (χ1v) is 10.0.